The number of unbranched alkanes of at least 4 members (excludes halogenated alkanes) is 1. The molecule has 0 fully saturated rings. The number of aliphatic hydroxyl groups excluding tert-OH is 1. The Bertz CT molecular complexity index is 118. The molecule has 0 saturated carbocycles. The van der Waals surface area contributed by atoms with Crippen LogP contribution in [0.2, 0.25) is 0 Å². The summed E-state index contributed by atoms with van der Waals surface area (Å²) in [7, 11) is 0. The van der Waals surface area contributed by atoms with Crippen molar-refractivity contribution in [2.24, 2.45) is 0 Å². The Morgan fingerprint density at radius 1 is 1.21 bits per heavy atom. The highest BCUT2D eigenvalue weighted by atomic mass is 16.5. The van der Waals surface area contributed by atoms with Gasteiger partial charge in [0.15, 0.2) is 0 Å². The third-order valence-electron chi connectivity index (χ3n) is 2.29. The zero-order valence-corrected chi connectivity index (χ0v) is 9.83. The molecule has 0 aliphatic rings. The standard InChI is InChI=1S/C11H25NO2/c1-4-5-6-12(11(2)3)7-9-14-10-8-13/h11,13H,4-10H2,1-3H3. The van der Waals surface area contributed by atoms with Crippen LogP contribution in [0.15, 0.2) is 0 Å². The first-order valence-corrected chi connectivity index (χ1v) is 5.65. The van der Waals surface area contributed by atoms with E-state index in [4.69, 9.17) is 9.84 Å². The van der Waals surface area contributed by atoms with Crippen molar-refractivity contribution < 1.29 is 9.84 Å². The average Bonchev–Trinajstić information content (AvgIpc) is 2.16. The van der Waals surface area contributed by atoms with Gasteiger partial charge < -0.3 is 9.84 Å². The monoisotopic (exact) mass is 203 g/mol. The van der Waals surface area contributed by atoms with Gasteiger partial charge in [-0.1, -0.05) is 13.3 Å². The topological polar surface area (TPSA) is 32.7 Å². The van der Waals surface area contributed by atoms with E-state index in [2.05, 4.69) is 25.7 Å². The van der Waals surface area contributed by atoms with Crippen molar-refractivity contribution in [1.29, 1.82) is 0 Å². The molecule has 0 heterocycles. The van der Waals surface area contributed by atoms with Gasteiger partial charge in [0.25, 0.3) is 0 Å². The van der Waals surface area contributed by atoms with E-state index < -0.39 is 0 Å². The summed E-state index contributed by atoms with van der Waals surface area (Å²) in [5.74, 6) is 0. The summed E-state index contributed by atoms with van der Waals surface area (Å²) in [4.78, 5) is 2.42. The van der Waals surface area contributed by atoms with Crippen LogP contribution >= 0.6 is 0 Å². The normalized spacial score (nSPS) is 11.6. The first-order valence-electron chi connectivity index (χ1n) is 5.65. The quantitative estimate of drug-likeness (QED) is 0.577. The third kappa shape index (κ3) is 7.30. The molecule has 0 aromatic heterocycles. The Hall–Kier alpha value is -0.120. The molecule has 0 unspecified atom stereocenters. The maximum atomic E-state index is 8.54. The van der Waals surface area contributed by atoms with Crippen LogP contribution in [0.3, 0.4) is 0 Å². The van der Waals surface area contributed by atoms with Gasteiger partial charge >= 0.3 is 0 Å². The minimum atomic E-state index is 0.122. The van der Waals surface area contributed by atoms with Gasteiger partial charge in [-0.3, -0.25) is 4.90 Å². The third-order valence-corrected chi connectivity index (χ3v) is 2.29. The van der Waals surface area contributed by atoms with Crippen LogP contribution < -0.4 is 0 Å². The molecule has 0 radical (unpaired) electrons. The Labute approximate surface area is 88.1 Å². The number of ether oxygens (including phenoxy) is 1. The summed E-state index contributed by atoms with van der Waals surface area (Å²) in [5.41, 5.74) is 0. The smallest absolute Gasteiger partial charge is 0.0698 e. The SMILES string of the molecule is CCCCN(CCOCCO)C(C)C. The average molecular weight is 203 g/mol. The van der Waals surface area contributed by atoms with Gasteiger partial charge in [-0.25, -0.2) is 0 Å². The van der Waals surface area contributed by atoms with Crippen LogP contribution in [0.4, 0.5) is 0 Å². The number of hydrogen-bond acceptors (Lipinski definition) is 3. The van der Waals surface area contributed by atoms with Gasteiger partial charge in [-0.2, -0.15) is 0 Å². The lowest BCUT2D eigenvalue weighted by molar-refractivity contribution is 0.0664. The summed E-state index contributed by atoms with van der Waals surface area (Å²) in [5, 5.41) is 8.54. The van der Waals surface area contributed by atoms with Crippen LogP contribution in [0, 0.1) is 0 Å². The first kappa shape index (κ1) is 13.9. The molecule has 0 aliphatic heterocycles. The largest absolute Gasteiger partial charge is 0.394 e. The fourth-order valence-electron chi connectivity index (χ4n) is 1.34. The lowest BCUT2D eigenvalue weighted by Crippen LogP contribution is -2.34. The van der Waals surface area contributed by atoms with Crippen molar-refractivity contribution in [3.05, 3.63) is 0 Å². The number of rotatable bonds is 9. The van der Waals surface area contributed by atoms with Gasteiger partial charge in [0.2, 0.25) is 0 Å². The molecule has 0 amide bonds. The molecular weight excluding hydrogens is 178 g/mol. The molecule has 0 aromatic carbocycles. The van der Waals surface area contributed by atoms with Gasteiger partial charge in [0.1, 0.15) is 0 Å². The Morgan fingerprint density at radius 2 is 1.93 bits per heavy atom. The Morgan fingerprint density at radius 3 is 2.43 bits per heavy atom. The molecule has 0 aromatic rings. The van der Waals surface area contributed by atoms with Crippen molar-refractivity contribution in [2.45, 2.75) is 39.7 Å². The van der Waals surface area contributed by atoms with Gasteiger partial charge in [-0.15, -0.1) is 0 Å². The predicted molar refractivity (Wildman–Crippen MR) is 59.5 cm³/mol. The second-order valence-electron chi connectivity index (χ2n) is 3.82. The van der Waals surface area contributed by atoms with Crippen LogP contribution in [0.1, 0.15) is 33.6 Å². The highest BCUT2D eigenvalue weighted by Crippen LogP contribution is 2.01. The summed E-state index contributed by atoms with van der Waals surface area (Å²) in [6, 6.07) is 0.583. The van der Waals surface area contributed by atoms with Gasteiger partial charge in [-0.05, 0) is 26.8 Å². The summed E-state index contributed by atoms with van der Waals surface area (Å²) >= 11 is 0. The maximum Gasteiger partial charge on any atom is 0.0698 e. The molecule has 0 spiro atoms. The molecule has 0 atom stereocenters. The lowest BCUT2D eigenvalue weighted by atomic mass is 10.2. The molecule has 0 bridgehead atoms. The van der Waals surface area contributed by atoms with Crippen molar-refractivity contribution in [1.82, 2.24) is 4.90 Å². The highest BCUT2D eigenvalue weighted by Gasteiger charge is 2.07. The summed E-state index contributed by atoms with van der Waals surface area (Å²) in [6.45, 7) is 10.1. The predicted octanol–water partition coefficient (Wildman–Crippen LogP) is 1.51. The molecule has 0 rings (SSSR count). The van der Waals surface area contributed by atoms with Gasteiger partial charge in [0.05, 0.1) is 19.8 Å². The zero-order valence-electron chi connectivity index (χ0n) is 9.83. The van der Waals surface area contributed by atoms with E-state index in [1.807, 2.05) is 0 Å². The van der Waals surface area contributed by atoms with Crippen LogP contribution in [-0.2, 0) is 4.74 Å². The minimum Gasteiger partial charge on any atom is -0.394 e. The maximum absolute atomic E-state index is 8.54. The van der Waals surface area contributed by atoms with E-state index in [1.54, 1.807) is 0 Å². The fraction of sp³-hybridized carbons (Fsp3) is 1.00. The van der Waals surface area contributed by atoms with Gasteiger partial charge in [0, 0.05) is 12.6 Å². The second kappa shape index (κ2) is 9.44. The molecule has 14 heavy (non-hydrogen) atoms. The Kier molecular flexibility index (Phi) is 9.35. The van der Waals surface area contributed by atoms with E-state index in [-0.39, 0.29) is 6.61 Å². The number of aliphatic hydroxyl groups is 1. The molecule has 3 nitrogen and oxygen atoms in total. The van der Waals surface area contributed by atoms with E-state index in [0.717, 1.165) is 19.7 Å². The fourth-order valence-corrected chi connectivity index (χ4v) is 1.34. The zero-order chi connectivity index (χ0) is 10.8. The number of nitrogens with zero attached hydrogens (tertiary/aromatic N) is 1. The lowest BCUT2D eigenvalue weighted by Gasteiger charge is -2.26. The molecule has 0 saturated heterocycles. The van der Waals surface area contributed by atoms with E-state index in [1.165, 1.54) is 12.8 Å². The molecule has 1 N–H and O–H groups in total. The second-order valence-corrected chi connectivity index (χ2v) is 3.82. The number of hydrogen-bond donors (Lipinski definition) is 1. The molecule has 3 heteroatoms. The van der Waals surface area contributed by atoms with Crippen LogP contribution in [0.25, 0.3) is 0 Å². The van der Waals surface area contributed by atoms with Crippen LogP contribution in [0.5, 0.6) is 0 Å². The van der Waals surface area contributed by atoms with Crippen molar-refractivity contribution >= 4 is 0 Å². The highest BCUT2D eigenvalue weighted by molar-refractivity contribution is 4.61. The minimum absolute atomic E-state index is 0.122. The Balaban J connectivity index is 3.52. The first-order chi connectivity index (χ1) is 6.72. The van der Waals surface area contributed by atoms with Crippen molar-refractivity contribution in [2.75, 3.05) is 32.9 Å². The molecule has 86 valence electrons. The molecule has 0 aliphatic carbocycles. The molecular formula is C11H25NO2. The summed E-state index contributed by atoms with van der Waals surface area (Å²) in [6.07, 6.45) is 2.49. The van der Waals surface area contributed by atoms with E-state index >= 15 is 0 Å². The van der Waals surface area contributed by atoms with E-state index in [9.17, 15) is 0 Å². The van der Waals surface area contributed by atoms with Crippen molar-refractivity contribution in [3.63, 3.8) is 0 Å². The van der Waals surface area contributed by atoms with Crippen LogP contribution in [-0.4, -0.2) is 49.0 Å². The summed E-state index contributed by atoms with van der Waals surface area (Å²) < 4.78 is 5.25. The van der Waals surface area contributed by atoms with E-state index in [0.29, 0.717) is 12.6 Å². The van der Waals surface area contributed by atoms with Crippen molar-refractivity contribution in [3.8, 4) is 0 Å².